The van der Waals surface area contributed by atoms with E-state index in [-0.39, 0.29) is 40.9 Å². The van der Waals surface area contributed by atoms with Crippen LogP contribution in [0, 0.1) is 18.6 Å². The van der Waals surface area contributed by atoms with Crippen molar-refractivity contribution in [1.29, 1.82) is 0 Å². The maximum atomic E-state index is 17.6. The number of sulfone groups is 1. The van der Waals surface area contributed by atoms with Crippen LogP contribution in [0.5, 0.6) is 0 Å². The van der Waals surface area contributed by atoms with Crippen LogP contribution in [0.4, 0.5) is 20.3 Å². The fraction of sp³-hybridized carbons (Fsp3) is 0.312. The third-order valence-corrected chi connectivity index (χ3v) is 11.7. The minimum Gasteiger partial charge on any atom is -0.397 e. The molecule has 1 amide bonds. The van der Waals surface area contributed by atoms with Crippen LogP contribution >= 0.6 is 34.8 Å². The molecule has 0 bridgehead atoms. The van der Waals surface area contributed by atoms with Gasteiger partial charge in [0.05, 0.1) is 59.7 Å². The number of nitrogens with zero attached hydrogens (tertiary/aromatic N) is 5. The molecule has 2 N–H and O–H groups in total. The number of anilines is 2. The third-order valence-electron chi connectivity index (χ3n) is 8.77. The maximum Gasteiger partial charge on any atom is 0.354 e. The SMILES string of the molecule is C=CC(=O)N1CC(C)N2c3nc(=O)n(-c4c(C)ccnc4C(C)C)c4c(F)c(-c5c(N)c(Cl)cc(Cl)c5F)c(Cl)c(c34)S(=O)(=O)CC2C1. The van der Waals surface area contributed by atoms with Gasteiger partial charge < -0.3 is 15.5 Å². The van der Waals surface area contributed by atoms with Crippen molar-refractivity contribution >= 4 is 73.0 Å². The number of rotatable bonds is 4. The van der Waals surface area contributed by atoms with Crippen molar-refractivity contribution in [3.05, 3.63) is 79.4 Å². The number of pyridine rings is 1. The van der Waals surface area contributed by atoms with Gasteiger partial charge in [-0.15, -0.1) is 0 Å². The number of halogens is 5. The molecule has 10 nitrogen and oxygen atoms in total. The van der Waals surface area contributed by atoms with Crippen molar-refractivity contribution in [1.82, 2.24) is 19.4 Å². The van der Waals surface area contributed by atoms with Crippen molar-refractivity contribution in [3.8, 4) is 16.8 Å². The standard InChI is InChI=1S/C32H29Cl3F2N6O4S/c1-6-19(44)41-10-15(5)42-16(11-41)12-48(46,47)30-22-29(25(37)20(23(30)35)21-24(36)17(33)9-18(34)26(21)38)43(32(45)40-31(22)42)28-14(4)7-8-39-27(28)13(2)3/h6-9,13,15-16H,1,10-12,38H2,2-5H3. The van der Waals surface area contributed by atoms with E-state index in [1.54, 1.807) is 24.8 Å². The zero-order chi connectivity index (χ0) is 35.1. The molecular formula is C32H29Cl3F2N6O4S. The Labute approximate surface area is 289 Å². The highest BCUT2D eigenvalue weighted by Crippen LogP contribution is 2.50. The van der Waals surface area contributed by atoms with Crippen LogP contribution in [0.3, 0.4) is 0 Å². The number of carbonyl (C=O) groups is 1. The van der Waals surface area contributed by atoms with Crippen molar-refractivity contribution in [2.24, 2.45) is 0 Å². The van der Waals surface area contributed by atoms with Crippen LogP contribution in [0.2, 0.25) is 15.1 Å². The predicted octanol–water partition coefficient (Wildman–Crippen LogP) is 6.08. The zero-order valence-electron chi connectivity index (χ0n) is 26.1. The lowest BCUT2D eigenvalue weighted by Crippen LogP contribution is -2.61. The Balaban J connectivity index is 1.88. The van der Waals surface area contributed by atoms with Crippen molar-refractivity contribution < 1.29 is 22.0 Å². The van der Waals surface area contributed by atoms with Crippen molar-refractivity contribution in [3.63, 3.8) is 0 Å². The smallest absolute Gasteiger partial charge is 0.354 e. The second kappa shape index (κ2) is 12.0. The third kappa shape index (κ3) is 5.05. The number of amides is 1. The maximum absolute atomic E-state index is 17.6. The summed E-state index contributed by atoms with van der Waals surface area (Å²) in [5.41, 5.74) is 3.87. The normalized spacial score (nSPS) is 18.6. The molecule has 1 saturated heterocycles. The highest BCUT2D eigenvalue weighted by molar-refractivity contribution is 7.91. The number of fused-ring (bicyclic) bond motifs is 2. The van der Waals surface area contributed by atoms with E-state index in [2.05, 4.69) is 16.5 Å². The van der Waals surface area contributed by atoms with Crippen LogP contribution < -0.4 is 16.3 Å². The number of benzene rings is 2. The molecule has 16 heteroatoms. The average molecular weight is 738 g/mol. The van der Waals surface area contributed by atoms with Crippen LogP contribution in [-0.4, -0.2) is 64.7 Å². The topological polar surface area (TPSA) is 131 Å². The minimum absolute atomic E-state index is 0.0771. The van der Waals surface area contributed by atoms with Gasteiger partial charge in [0.2, 0.25) is 5.91 Å². The molecule has 48 heavy (non-hydrogen) atoms. The Kier molecular flexibility index (Phi) is 8.50. The number of aryl methyl sites for hydroxylation is 1. The van der Waals surface area contributed by atoms with Gasteiger partial charge in [-0.3, -0.25) is 14.3 Å². The Morgan fingerprint density at radius 2 is 1.83 bits per heavy atom. The molecule has 0 saturated carbocycles. The number of aromatic nitrogens is 3. The lowest BCUT2D eigenvalue weighted by atomic mass is 9.98. The lowest BCUT2D eigenvalue weighted by molar-refractivity contribution is -0.127. The van der Waals surface area contributed by atoms with Gasteiger partial charge in [-0.05, 0) is 43.5 Å². The number of nitrogens with two attached hydrogens (primary N) is 1. The first-order valence-electron chi connectivity index (χ1n) is 14.8. The molecule has 1 fully saturated rings. The first kappa shape index (κ1) is 34.1. The van der Waals surface area contributed by atoms with Gasteiger partial charge in [0.1, 0.15) is 5.82 Å². The summed E-state index contributed by atoms with van der Waals surface area (Å²) in [7, 11) is -4.51. The molecule has 2 aliphatic heterocycles. The van der Waals surface area contributed by atoms with Crippen molar-refractivity contribution in [2.75, 3.05) is 29.5 Å². The number of hydrogen-bond acceptors (Lipinski definition) is 8. The molecule has 0 aliphatic carbocycles. The largest absolute Gasteiger partial charge is 0.397 e. The highest BCUT2D eigenvalue weighted by Gasteiger charge is 2.45. The number of piperazine rings is 1. The molecule has 4 aromatic rings. The fourth-order valence-electron chi connectivity index (χ4n) is 6.75. The molecule has 0 spiro atoms. The molecule has 4 heterocycles. The van der Waals surface area contributed by atoms with E-state index in [0.29, 0.717) is 11.3 Å². The zero-order valence-corrected chi connectivity index (χ0v) is 29.2. The van der Waals surface area contributed by atoms with E-state index in [4.69, 9.17) is 40.5 Å². The predicted molar refractivity (Wildman–Crippen MR) is 183 cm³/mol. The summed E-state index contributed by atoms with van der Waals surface area (Å²) >= 11 is 19.2. The first-order chi connectivity index (χ1) is 22.5. The second-order valence-corrected chi connectivity index (χ2v) is 15.4. The molecule has 2 aliphatic rings. The molecule has 0 radical (unpaired) electrons. The number of nitrogen functional groups attached to an aromatic ring is 1. The lowest BCUT2D eigenvalue weighted by Gasteiger charge is -2.45. The van der Waals surface area contributed by atoms with Gasteiger partial charge >= 0.3 is 5.69 Å². The van der Waals surface area contributed by atoms with E-state index in [0.717, 1.165) is 16.7 Å². The van der Waals surface area contributed by atoms with Gasteiger partial charge in [0.25, 0.3) is 0 Å². The second-order valence-electron chi connectivity index (χ2n) is 12.2. The summed E-state index contributed by atoms with van der Waals surface area (Å²) in [5.74, 6) is -3.93. The van der Waals surface area contributed by atoms with Crippen LogP contribution in [0.15, 0.2) is 40.7 Å². The molecule has 252 valence electrons. The van der Waals surface area contributed by atoms with Gasteiger partial charge in [-0.1, -0.05) is 55.2 Å². The highest BCUT2D eigenvalue weighted by atomic mass is 35.5. The number of carbonyl (C=O) groups excluding carboxylic acids is 1. The summed E-state index contributed by atoms with van der Waals surface area (Å²) in [6.45, 7) is 10.6. The summed E-state index contributed by atoms with van der Waals surface area (Å²) in [4.78, 5) is 38.3. The monoisotopic (exact) mass is 736 g/mol. The molecule has 2 aromatic heterocycles. The van der Waals surface area contributed by atoms with Crippen LogP contribution in [-0.2, 0) is 14.6 Å². The fourth-order valence-corrected chi connectivity index (χ4v) is 9.65. The average Bonchev–Trinajstić information content (AvgIpc) is 3.10. The van der Waals surface area contributed by atoms with Gasteiger partial charge in [-0.2, -0.15) is 4.98 Å². The van der Waals surface area contributed by atoms with Gasteiger partial charge in [-0.25, -0.2) is 22.0 Å². The Hall–Kier alpha value is -3.78. The Morgan fingerprint density at radius 1 is 1.15 bits per heavy atom. The van der Waals surface area contributed by atoms with Crippen LogP contribution in [0.1, 0.15) is 37.9 Å². The van der Waals surface area contributed by atoms with Crippen LogP contribution in [0.25, 0.3) is 27.7 Å². The summed E-state index contributed by atoms with van der Waals surface area (Å²) < 4.78 is 63.5. The first-order valence-corrected chi connectivity index (χ1v) is 17.6. The van der Waals surface area contributed by atoms with Gasteiger partial charge in [0, 0.05) is 36.5 Å². The van der Waals surface area contributed by atoms with E-state index in [1.165, 1.54) is 11.1 Å². The number of hydrogen-bond donors (Lipinski definition) is 1. The van der Waals surface area contributed by atoms with Crippen molar-refractivity contribution in [2.45, 2.75) is 50.6 Å². The molecular weight excluding hydrogens is 709 g/mol. The quantitative estimate of drug-likeness (QED) is 0.116. The summed E-state index contributed by atoms with van der Waals surface area (Å²) in [6, 6.07) is 1.11. The van der Waals surface area contributed by atoms with E-state index in [9.17, 15) is 18.0 Å². The minimum atomic E-state index is -4.51. The summed E-state index contributed by atoms with van der Waals surface area (Å²) in [6.07, 6.45) is 2.66. The van der Waals surface area contributed by atoms with E-state index in [1.807, 2.05) is 13.8 Å². The Morgan fingerprint density at radius 3 is 2.48 bits per heavy atom. The summed E-state index contributed by atoms with van der Waals surface area (Å²) in [5, 5.41) is -1.75. The molecule has 6 rings (SSSR count). The molecule has 2 unspecified atom stereocenters. The van der Waals surface area contributed by atoms with Gasteiger partial charge in [0.15, 0.2) is 21.5 Å². The van der Waals surface area contributed by atoms with E-state index < -0.39 is 88.2 Å². The van der Waals surface area contributed by atoms with E-state index >= 15 is 8.78 Å². The molecule has 2 atom stereocenters. The Bertz CT molecular complexity index is 2240. The molecule has 2 aromatic carbocycles.